The highest BCUT2D eigenvalue weighted by Gasteiger charge is 2.27. The number of amides is 1. The zero-order chi connectivity index (χ0) is 25.8. The van der Waals surface area contributed by atoms with E-state index in [9.17, 15) is 28.6 Å². The molecule has 1 fully saturated rings. The van der Waals surface area contributed by atoms with E-state index in [2.05, 4.69) is 10.3 Å². The average Bonchev–Trinajstić information content (AvgIpc) is 2.84. The number of pyridine rings is 1. The molecule has 0 spiro atoms. The van der Waals surface area contributed by atoms with E-state index in [1.165, 1.54) is 18.2 Å². The SMILES string of the molecule is NC(=O)c1cc(-c2cc(-c3ccccc3OC(F)F)cc(NC3CCCC(C(=O)O)C3)n2)ccc1O. The summed E-state index contributed by atoms with van der Waals surface area (Å²) in [5.41, 5.74) is 7.04. The maximum absolute atomic E-state index is 13.0. The largest absolute Gasteiger partial charge is 0.507 e. The molecule has 1 amide bonds. The summed E-state index contributed by atoms with van der Waals surface area (Å²) in [6.07, 6.45) is 2.52. The topological polar surface area (TPSA) is 135 Å². The van der Waals surface area contributed by atoms with Crippen LogP contribution in [0, 0.1) is 5.92 Å². The molecule has 2 atom stereocenters. The predicted molar refractivity (Wildman–Crippen MR) is 129 cm³/mol. The number of nitrogens with zero attached hydrogens (tertiary/aromatic N) is 1. The first-order valence-electron chi connectivity index (χ1n) is 11.4. The number of aromatic nitrogens is 1. The Hall–Kier alpha value is -4.21. The molecule has 2 aromatic carbocycles. The molecule has 8 nitrogen and oxygen atoms in total. The standard InChI is InChI=1S/C26H25F2N3O5/c27-26(28)36-22-7-2-1-6-18(22)16-12-20(14-8-9-21(32)19(11-14)24(29)33)31-23(13-16)30-17-5-3-4-15(10-17)25(34)35/h1-2,6-9,11-13,15,17,26,32H,3-5,10H2,(H2,29,33)(H,30,31)(H,34,35). The fourth-order valence-electron chi connectivity index (χ4n) is 4.46. The molecule has 36 heavy (non-hydrogen) atoms. The molecule has 0 bridgehead atoms. The van der Waals surface area contributed by atoms with Gasteiger partial charge in [-0.05, 0) is 61.2 Å². The molecule has 5 N–H and O–H groups in total. The molecule has 1 heterocycles. The normalized spacial score (nSPS) is 17.5. The van der Waals surface area contributed by atoms with Gasteiger partial charge in [0.05, 0.1) is 17.2 Å². The second-order valence-corrected chi connectivity index (χ2v) is 8.64. The quantitative estimate of drug-likeness (QED) is 0.348. The number of primary amides is 1. The fraction of sp³-hybridized carbons (Fsp3) is 0.269. The van der Waals surface area contributed by atoms with Crippen LogP contribution in [0.25, 0.3) is 22.4 Å². The Balaban J connectivity index is 1.79. The number of nitrogens with one attached hydrogen (secondary N) is 1. The summed E-state index contributed by atoms with van der Waals surface area (Å²) >= 11 is 0. The molecule has 0 aliphatic heterocycles. The number of phenols is 1. The fourth-order valence-corrected chi connectivity index (χ4v) is 4.46. The molecule has 2 unspecified atom stereocenters. The number of alkyl halides is 2. The van der Waals surface area contributed by atoms with E-state index in [0.29, 0.717) is 41.0 Å². The zero-order valence-corrected chi connectivity index (χ0v) is 19.2. The van der Waals surface area contributed by atoms with Crippen LogP contribution < -0.4 is 15.8 Å². The number of benzene rings is 2. The van der Waals surface area contributed by atoms with Crippen LogP contribution in [0.4, 0.5) is 14.6 Å². The van der Waals surface area contributed by atoms with Crippen molar-refractivity contribution in [2.45, 2.75) is 38.3 Å². The number of para-hydroxylation sites is 1. The van der Waals surface area contributed by atoms with Crippen molar-refractivity contribution in [1.82, 2.24) is 4.98 Å². The number of halogens is 2. The van der Waals surface area contributed by atoms with Crippen molar-refractivity contribution in [3.8, 4) is 33.9 Å². The Bertz CT molecular complexity index is 1280. The van der Waals surface area contributed by atoms with Gasteiger partial charge in [0, 0.05) is 17.2 Å². The number of hydrogen-bond donors (Lipinski definition) is 4. The zero-order valence-electron chi connectivity index (χ0n) is 19.2. The van der Waals surface area contributed by atoms with Crippen molar-refractivity contribution in [2.75, 3.05) is 5.32 Å². The first-order valence-corrected chi connectivity index (χ1v) is 11.4. The minimum Gasteiger partial charge on any atom is -0.507 e. The second kappa shape index (κ2) is 10.6. The van der Waals surface area contributed by atoms with Gasteiger partial charge in [0.1, 0.15) is 17.3 Å². The molecule has 0 radical (unpaired) electrons. The summed E-state index contributed by atoms with van der Waals surface area (Å²) in [4.78, 5) is 27.9. The highest BCUT2D eigenvalue weighted by atomic mass is 19.3. The van der Waals surface area contributed by atoms with Gasteiger partial charge in [-0.25, -0.2) is 4.98 Å². The number of aliphatic carboxylic acids is 1. The Morgan fingerprint density at radius 3 is 2.58 bits per heavy atom. The van der Waals surface area contributed by atoms with Crippen LogP contribution in [0.15, 0.2) is 54.6 Å². The van der Waals surface area contributed by atoms with Crippen LogP contribution in [0.5, 0.6) is 11.5 Å². The maximum atomic E-state index is 13.0. The number of carbonyl (C=O) groups is 2. The molecular formula is C26H25F2N3O5. The lowest BCUT2D eigenvalue weighted by Gasteiger charge is -2.28. The maximum Gasteiger partial charge on any atom is 0.387 e. The highest BCUT2D eigenvalue weighted by Crippen LogP contribution is 2.36. The van der Waals surface area contributed by atoms with Crippen molar-refractivity contribution in [2.24, 2.45) is 11.7 Å². The monoisotopic (exact) mass is 497 g/mol. The van der Waals surface area contributed by atoms with E-state index in [-0.39, 0.29) is 23.1 Å². The molecule has 10 heteroatoms. The van der Waals surface area contributed by atoms with Crippen molar-refractivity contribution < 1.29 is 33.3 Å². The van der Waals surface area contributed by atoms with E-state index in [1.54, 1.807) is 36.4 Å². The van der Waals surface area contributed by atoms with Crippen LogP contribution in [0.3, 0.4) is 0 Å². The van der Waals surface area contributed by atoms with Gasteiger partial charge in [-0.3, -0.25) is 9.59 Å². The van der Waals surface area contributed by atoms with Crippen LogP contribution in [-0.2, 0) is 4.79 Å². The lowest BCUT2D eigenvalue weighted by molar-refractivity contribution is -0.142. The molecule has 1 aromatic heterocycles. The summed E-state index contributed by atoms with van der Waals surface area (Å²) < 4.78 is 30.8. The van der Waals surface area contributed by atoms with Gasteiger partial charge >= 0.3 is 12.6 Å². The minimum absolute atomic E-state index is 0.0252. The Morgan fingerprint density at radius 2 is 1.86 bits per heavy atom. The highest BCUT2D eigenvalue weighted by molar-refractivity contribution is 5.97. The van der Waals surface area contributed by atoms with Crippen molar-refractivity contribution in [1.29, 1.82) is 0 Å². The number of carboxylic acids is 1. The van der Waals surface area contributed by atoms with Gasteiger partial charge in [0.15, 0.2) is 0 Å². The summed E-state index contributed by atoms with van der Waals surface area (Å²) in [6, 6.07) is 13.8. The number of rotatable bonds is 8. The van der Waals surface area contributed by atoms with Gasteiger partial charge in [-0.15, -0.1) is 0 Å². The molecule has 3 aromatic rings. The molecule has 1 aliphatic rings. The van der Waals surface area contributed by atoms with Gasteiger partial charge in [0.25, 0.3) is 5.91 Å². The molecule has 4 rings (SSSR count). The van der Waals surface area contributed by atoms with E-state index in [1.807, 2.05) is 0 Å². The smallest absolute Gasteiger partial charge is 0.387 e. The van der Waals surface area contributed by atoms with E-state index < -0.39 is 24.4 Å². The van der Waals surface area contributed by atoms with Gasteiger partial charge in [-0.1, -0.05) is 24.6 Å². The van der Waals surface area contributed by atoms with Crippen LogP contribution in [-0.4, -0.2) is 39.7 Å². The number of carboxylic acid groups (broad SMARTS) is 1. The number of anilines is 1. The summed E-state index contributed by atoms with van der Waals surface area (Å²) in [5.74, 6) is -2.03. The van der Waals surface area contributed by atoms with Crippen LogP contribution in [0.1, 0.15) is 36.0 Å². The van der Waals surface area contributed by atoms with Crippen molar-refractivity contribution >= 4 is 17.7 Å². The summed E-state index contributed by atoms with van der Waals surface area (Å²) in [7, 11) is 0. The molecular weight excluding hydrogens is 472 g/mol. The Kier molecular flexibility index (Phi) is 7.33. The minimum atomic E-state index is -3.02. The number of aromatic hydroxyl groups is 1. The van der Waals surface area contributed by atoms with E-state index in [0.717, 1.165) is 12.8 Å². The van der Waals surface area contributed by atoms with Crippen molar-refractivity contribution in [3.05, 3.63) is 60.2 Å². The Labute approximate surface area is 205 Å². The van der Waals surface area contributed by atoms with Crippen molar-refractivity contribution in [3.63, 3.8) is 0 Å². The number of carbonyl (C=O) groups excluding carboxylic acids is 1. The van der Waals surface area contributed by atoms with Gasteiger partial charge in [-0.2, -0.15) is 8.78 Å². The summed E-state index contributed by atoms with van der Waals surface area (Å²) in [6.45, 7) is -3.02. The molecule has 1 aliphatic carbocycles. The summed E-state index contributed by atoms with van der Waals surface area (Å²) in [5, 5.41) is 22.7. The number of ether oxygens (including phenoxy) is 1. The first-order chi connectivity index (χ1) is 17.2. The third-order valence-corrected chi connectivity index (χ3v) is 6.17. The van der Waals surface area contributed by atoms with E-state index in [4.69, 9.17) is 10.5 Å². The van der Waals surface area contributed by atoms with E-state index >= 15 is 0 Å². The van der Waals surface area contributed by atoms with Gasteiger partial charge in [0.2, 0.25) is 0 Å². The Morgan fingerprint density at radius 1 is 1.08 bits per heavy atom. The van der Waals surface area contributed by atoms with Crippen LogP contribution in [0.2, 0.25) is 0 Å². The third-order valence-electron chi connectivity index (χ3n) is 6.17. The predicted octanol–water partition coefficient (Wildman–Crippen LogP) is 4.88. The number of nitrogens with two attached hydrogens (primary N) is 1. The van der Waals surface area contributed by atoms with Gasteiger partial charge < -0.3 is 26.0 Å². The molecule has 188 valence electrons. The molecule has 0 saturated heterocycles. The lowest BCUT2D eigenvalue weighted by Crippen LogP contribution is -2.31. The average molecular weight is 497 g/mol. The second-order valence-electron chi connectivity index (χ2n) is 8.64. The lowest BCUT2D eigenvalue weighted by atomic mass is 9.86. The third kappa shape index (κ3) is 5.70. The van der Waals surface area contributed by atoms with Crippen LogP contribution >= 0.6 is 0 Å². The number of hydrogen-bond acceptors (Lipinski definition) is 6. The first kappa shape index (κ1) is 24.9. The molecule has 1 saturated carbocycles.